The highest BCUT2D eigenvalue weighted by Crippen LogP contribution is 2.18. The molecule has 0 unspecified atom stereocenters. The molecule has 0 aliphatic carbocycles. The molecule has 0 saturated carbocycles. The van der Waals surface area contributed by atoms with Gasteiger partial charge in [-0.25, -0.2) is 4.79 Å². The monoisotopic (exact) mass is 435 g/mol. The Morgan fingerprint density at radius 1 is 1.15 bits per heavy atom. The molecule has 136 valence electrons. The Balaban J connectivity index is 2.43. The molecule has 0 atom stereocenters. The van der Waals surface area contributed by atoms with Gasteiger partial charge in [-0.1, -0.05) is 57.9 Å². The molecule has 7 heteroatoms. The van der Waals surface area contributed by atoms with Crippen molar-refractivity contribution in [1.29, 1.82) is 0 Å². The molecule has 2 aromatic carbocycles. The summed E-state index contributed by atoms with van der Waals surface area (Å²) in [5.74, 6) is -0.800. The molecule has 0 aliphatic heterocycles. The minimum atomic E-state index is -4.03. The molecule has 2 rings (SSSR count). The standard InChI is InChI=1S/C19H18BrNO4S/c1-3-25-19(22)18(13-10-15-6-4-5-7-17(15)20)21-26(23,24)16-11-8-14(2)9-12-16/h4-13H,3H2,1-2H3/b13-10+,21-18+. The van der Waals surface area contributed by atoms with Gasteiger partial charge in [0.2, 0.25) is 0 Å². The van der Waals surface area contributed by atoms with Gasteiger partial charge >= 0.3 is 5.97 Å². The van der Waals surface area contributed by atoms with Crippen LogP contribution in [0.3, 0.4) is 0 Å². The van der Waals surface area contributed by atoms with Crippen molar-refractivity contribution in [2.75, 3.05) is 6.61 Å². The zero-order valence-corrected chi connectivity index (χ0v) is 16.7. The second-order valence-corrected chi connectivity index (χ2v) is 7.80. The molecule has 0 heterocycles. The van der Waals surface area contributed by atoms with Crippen LogP contribution in [0.2, 0.25) is 0 Å². The van der Waals surface area contributed by atoms with Crippen LogP contribution >= 0.6 is 15.9 Å². The number of hydrogen-bond donors (Lipinski definition) is 0. The van der Waals surface area contributed by atoms with Gasteiger partial charge in [0.1, 0.15) is 0 Å². The van der Waals surface area contributed by atoms with Crippen molar-refractivity contribution < 1.29 is 17.9 Å². The third-order valence-corrected chi connectivity index (χ3v) is 5.38. The topological polar surface area (TPSA) is 72.8 Å². The van der Waals surface area contributed by atoms with E-state index in [0.29, 0.717) is 0 Å². The van der Waals surface area contributed by atoms with Gasteiger partial charge in [0.05, 0.1) is 11.5 Å². The second kappa shape index (κ2) is 8.91. The highest BCUT2D eigenvalue weighted by atomic mass is 79.9. The average molecular weight is 436 g/mol. The minimum absolute atomic E-state index is 0.0131. The summed E-state index contributed by atoms with van der Waals surface area (Å²) in [6.07, 6.45) is 2.94. The number of hydrogen-bond acceptors (Lipinski definition) is 4. The quantitative estimate of drug-likeness (QED) is 0.504. The summed E-state index contributed by atoms with van der Waals surface area (Å²) >= 11 is 3.39. The van der Waals surface area contributed by atoms with E-state index in [-0.39, 0.29) is 17.2 Å². The fourth-order valence-electron chi connectivity index (χ4n) is 2.01. The van der Waals surface area contributed by atoms with Crippen molar-refractivity contribution in [3.63, 3.8) is 0 Å². The Morgan fingerprint density at radius 2 is 1.81 bits per heavy atom. The van der Waals surface area contributed by atoms with E-state index < -0.39 is 16.0 Å². The van der Waals surface area contributed by atoms with E-state index in [0.717, 1.165) is 15.6 Å². The number of halogens is 1. The molecule has 0 aliphatic rings. The lowest BCUT2D eigenvalue weighted by Crippen LogP contribution is -2.17. The van der Waals surface area contributed by atoms with Crippen molar-refractivity contribution in [3.05, 3.63) is 70.2 Å². The Labute approximate surface area is 161 Å². The maximum absolute atomic E-state index is 12.5. The molecule has 0 fully saturated rings. The van der Waals surface area contributed by atoms with Crippen molar-refractivity contribution in [2.24, 2.45) is 4.40 Å². The van der Waals surface area contributed by atoms with Crippen LogP contribution in [0.1, 0.15) is 18.1 Å². The van der Waals surface area contributed by atoms with E-state index in [9.17, 15) is 13.2 Å². The van der Waals surface area contributed by atoms with E-state index >= 15 is 0 Å². The molecule has 0 aromatic heterocycles. The Bertz CT molecular complexity index is 948. The SMILES string of the molecule is CCOC(=O)C(/C=C/c1ccccc1Br)=N/S(=O)(=O)c1ccc(C)cc1. The summed E-state index contributed by atoms with van der Waals surface area (Å²) in [6.45, 7) is 3.61. The number of nitrogens with zero attached hydrogens (tertiary/aromatic N) is 1. The number of esters is 1. The first kappa shape index (κ1) is 20.1. The number of carbonyl (C=O) groups excluding carboxylic acids is 1. The van der Waals surface area contributed by atoms with Crippen LogP contribution in [-0.4, -0.2) is 26.7 Å². The summed E-state index contributed by atoms with van der Waals surface area (Å²) in [5.41, 5.74) is 1.41. The van der Waals surface area contributed by atoms with Gasteiger partial charge in [0, 0.05) is 4.47 Å². The predicted octanol–water partition coefficient (Wildman–Crippen LogP) is 4.16. The van der Waals surface area contributed by atoms with Crippen LogP contribution < -0.4 is 0 Å². The number of rotatable bonds is 6. The summed E-state index contributed by atoms with van der Waals surface area (Å²) in [7, 11) is -4.03. The van der Waals surface area contributed by atoms with Crippen LogP contribution in [0.25, 0.3) is 6.08 Å². The van der Waals surface area contributed by atoms with Gasteiger partial charge in [-0.05, 0) is 43.7 Å². The third-order valence-electron chi connectivity index (χ3n) is 3.35. The summed E-state index contributed by atoms with van der Waals surface area (Å²) < 4.78 is 34.4. The van der Waals surface area contributed by atoms with E-state index in [2.05, 4.69) is 20.3 Å². The van der Waals surface area contributed by atoms with Crippen LogP contribution in [0.4, 0.5) is 0 Å². The molecule has 0 spiro atoms. The first-order valence-electron chi connectivity index (χ1n) is 7.85. The van der Waals surface area contributed by atoms with Gasteiger partial charge in [-0.15, -0.1) is 0 Å². The number of carbonyl (C=O) groups is 1. The fourth-order valence-corrected chi connectivity index (χ4v) is 3.41. The lowest BCUT2D eigenvalue weighted by atomic mass is 10.2. The number of ether oxygens (including phenoxy) is 1. The fraction of sp³-hybridized carbons (Fsp3) is 0.158. The average Bonchev–Trinajstić information content (AvgIpc) is 2.60. The highest BCUT2D eigenvalue weighted by Gasteiger charge is 2.18. The molecule has 26 heavy (non-hydrogen) atoms. The molecule has 0 amide bonds. The zero-order chi connectivity index (χ0) is 19.2. The highest BCUT2D eigenvalue weighted by molar-refractivity contribution is 9.10. The third kappa shape index (κ3) is 5.37. The normalized spacial score (nSPS) is 12.3. The molecule has 5 nitrogen and oxygen atoms in total. The van der Waals surface area contributed by atoms with E-state index in [1.807, 2.05) is 31.2 Å². The Morgan fingerprint density at radius 3 is 2.42 bits per heavy atom. The lowest BCUT2D eigenvalue weighted by Gasteiger charge is -2.04. The first-order valence-corrected chi connectivity index (χ1v) is 10.1. The molecular formula is C19H18BrNO4S. The van der Waals surface area contributed by atoms with Crippen LogP contribution in [-0.2, 0) is 19.6 Å². The molecule has 2 aromatic rings. The Hall–Kier alpha value is -2.25. The van der Waals surface area contributed by atoms with Crippen LogP contribution in [0.5, 0.6) is 0 Å². The first-order chi connectivity index (χ1) is 12.3. The number of aryl methyl sites for hydroxylation is 1. The van der Waals surface area contributed by atoms with Crippen LogP contribution in [0.15, 0.2) is 68.4 Å². The van der Waals surface area contributed by atoms with Gasteiger partial charge in [-0.3, -0.25) is 0 Å². The maximum Gasteiger partial charge on any atom is 0.357 e. The van der Waals surface area contributed by atoms with Gasteiger partial charge in [0.25, 0.3) is 10.0 Å². The maximum atomic E-state index is 12.5. The number of benzene rings is 2. The van der Waals surface area contributed by atoms with Crippen molar-refractivity contribution in [3.8, 4) is 0 Å². The van der Waals surface area contributed by atoms with Crippen molar-refractivity contribution >= 4 is 43.7 Å². The van der Waals surface area contributed by atoms with E-state index in [4.69, 9.17) is 4.74 Å². The molecule has 0 radical (unpaired) electrons. The minimum Gasteiger partial charge on any atom is -0.461 e. The summed E-state index contributed by atoms with van der Waals surface area (Å²) in [4.78, 5) is 12.1. The van der Waals surface area contributed by atoms with Gasteiger partial charge < -0.3 is 4.74 Å². The van der Waals surface area contributed by atoms with Crippen LogP contribution in [0, 0.1) is 6.92 Å². The smallest absolute Gasteiger partial charge is 0.357 e. The van der Waals surface area contributed by atoms with Gasteiger partial charge in [-0.2, -0.15) is 12.8 Å². The molecule has 0 saturated heterocycles. The number of sulfonamides is 1. The molecule has 0 bridgehead atoms. The lowest BCUT2D eigenvalue weighted by molar-refractivity contribution is -0.134. The van der Waals surface area contributed by atoms with Crippen molar-refractivity contribution in [2.45, 2.75) is 18.7 Å². The van der Waals surface area contributed by atoms with E-state index in [1.54, 1.807) is 25.1 Å². The zero-order valence-electron chi connectivity index (χ0n) is 14.3. The molecular weight excluding hydrogens is 418 g/mol. The predicted molar refractivity (Wildman–Crippen MR) is 106 cm³/mol. The molecule has 0 N–H and O–H groups in total. The Kier molecular flexibility index (Phi) is 6.88. The van der Waals surface area contributed by atoms with Crippen molar-refractivity contribution in [1.82, 2.24) is 0 Å². The van der Waals surface area contributed by atoms with Gasteiger partial charge in [0.15, 0.2) is 5.71 Å². The summed E-state index contributed by atoms with van der Waals surface area (Å²) in [6, 6.07) is 13.6. The largest absolute Gasteiger partial charge is 0.461 e. The van der Waals surface area contributed by atoms with E-state index in [1.165, 1.54) is 18.2 Å². The summed E-state index contributed by atoms with van der Waals surface area (Å²) in [5, 5.41) is 0. The second-order valence-electron chi connectivity index (χ2n) is 5.34.